The number of imidazole rings is 1. The third kappa shape index (κ3) is 3.77. The number of nitrogens with one attached hydrogen (secondary N) is 1. The quantitative estimate of drug-likeness (QED) is 0.722. The lowest BCUT2D eigenvalue weighted by Crippen LogP contribution is -1.97. The highest BCUT2D eigenvalue weighted by Gasteiger charge is 2.08. The van der Waals surface area contributed by atoms with Gasteiger partial charge in [0, 0.05) is 16.6 Å². The molecule has 3 nitrogen and oxygen atoms in total. The van der Waals surface area contributed by atoms with Crippen LogP contribution in [-0.2, 0) is 13.0 Å². The van der Waals surface area contributed by atoms with Gasteiger partial charge in [0.05, 0.1) is 5.69 Å². The van der Waals surface area contributed by atoms with Crippen molar-refractivity contribution >= 4 is 15.9 Å². The first kappa shape index (κ1) is 14.9. The summed E-state index contributed by atoms with van der Waals surface area (Å²) in [6.07, 6.45) is 0.820. The van der Waals surface area contributed by atoms with Gasteiger partial charge in [0.2, 0.25) is 0 Å². The van der Waals surface area contributed by atoms with Gasteiger partial charge in [-0.15, -0.1) is 0 Å². The van der Waals surface area contributed by atoms with Crippen molar-refractivity contribution in [3.05, 3.63) is 81.8 Å². The van der Waals surface area contributed by atoms with Gasteiger partial charge in [-0.3, -0.25) is 0 Å². The molecule has 0 atom stereocenters. The number of aryl methyl sites for hydroxylation is 1. The Bertz CT molecular complexity index is 736. The molecule has 0 spiro atoms. The zero-order chi connectivity index (χ0) is 15.4. The van der Waals surface area contributed by atoms with Gasteiger partial charge in [0.25, 0.3) is 0 Å². The Morgan fingerprint density at radius 2 is 1.77 bits per heavy atom. The lowest BCUT2D eigenvalue weighted by molar-refractivity contribution is 0.297. The monoisotopic (exact) mass is 356 g/mol. The van der Waals surface area contributed by atoms with E-state index < -0.39 is 0 Å². The van der Waals surface area contributed by atoms with Crippen LogP contribution in [0.4, 0.5) is 0 Å². The standard InChI is InChI=1S/C18H17BrN2O/c1-13-17(11-14-7-9-15(19)10-8-14)21-18(20-13)12-22-16-5-3-2-4-6-16/h2-10H,11-12H2,1H3,(H,20,21). The summed E-state index contributed by atoms with van der Waals surface area (Å²) in [5.41, 5.74) is 3.40. The number of nitrogens with zero attached hydrogens (tertiary/aromatic N) is 1. The Morgan fingerprint density at radius 3 is 2.50 bits per heavy atom. The van der Waals surface area contributed by atoms with Crippen LogP contribution >= 0.6 is 15.9 Å². The predicted octanol–water partition coefficient (Wildman–Crippen LogP) is 4.65. The summed E-state index contributed by atoms with van der Waals surface area (Å²) in [5, 5.41) is 0. The van der Waals surface area contributed by atoms with E-state index in [4.69, 9.17) is 4.74 Å². The molecule has 0 amide bonds. The maximum absolute atomic E-state index is 5.73. The number of ether oxygens (including phenoxy) is 1. The number of para-hydroxylation sites is 1. The third-order valence-corrected chi connectivity index (χ3v) is 3.97. The minimum absolute atomic E-state index is 0.450. The van der Waals surface area contributed by atoms with Gasteiger partial charge < -0.3 is 9.72 Å². The summed E-state index contributed by atoms with van der Waals surface area (Å²) in [4.78, 5) is 7.95. The predicted molar refractivity (Wildman–Crippen MR) is 91.0 cm³/mol. The zero-order valence-corrected chi connectivity index (χ0v) is 13.9. The summed E-state index contributed by atoms with van der Waals surface area (Å²) in [6.45, 7) is 2.50. The van der Waals surface area contributed by atoms with Gasteiger partial charge in [0.15, 0.2) is 0 Å². The fourth-order valence-electron chi connectivity index (χ4n) is 2.27. The maximum Gasteiger partial charge on any atom is 0.146 e. The van der Waals surface area contributed by atoms with Crippen molar-refractivity contribution in [3.8, 4) is 5.75 Å². The first-order valence-electron chi connectivity index (χ1n) is 7.17. The molecule has 0 aliphatic rings. The van der Waals surface area contributed by atoms with E-state index in [9.17, 15) is 0 Å². The van der Waals surface area contributed by atoms with Gasteiger partial charge in [-0.1, -0.05) is 46.3 Å². The maximum atomic E-state index is 5.73. The summed E-state index contributed by atoms with van der Waals surface area (Å²) >= 11 is 3.45. The molecule has 0 saturated heterocycles. The summed E-state index contributed by atoms with van der Waals surface area (Å²) in [6, 6.07) is 18.1. The molecule has 0 radical (unpaired) electrons. The SMILES string of the molecule is Cc1[nH]c(COc2ccccc2)nc1Cc1ccc(Br)cc1. The van der Waals surface area contributed by atoms with E-state index in [0.717, 1.165) is 33.9 Å². The first-order valence-corrected chi connectivity index (χ1v) is 7.96. The highest BCUT2D eigenvalue weighted by atomic mass is 79.9. The lowest BCUT2D eigenvalue weighted by atomic mass is 10.1. The molecule has 0 bridgehead atoms. The lowest BCUT2D eigenvalue weighted by Gasteiger charge is -2.02. The molecule has 3 rings (SSSR count). The molecule has 0 unspecified atom stereocenters. The number of aromatic amines is 1. The largest absolute Gasteiger partial charge is 0.486 e. The van der Waals surface area contributed by atoms with Crippen LogP contribution < -0.4 is 4.74 Å². The van der Waals surface area contributed by atoms with Crippen LogP contribution in [0.2, 0.25) is 0 Å². The van der Waals surface area contributed by atoms with Crippen molar-refractivity contribution in [2.24, 2.45) is 0 Å². The fourth-order valence-corrected chi connectivity index (χ4v) is 2.53. The van der Waals surface area contributed by atoms with Gasteiger partial charge in [-0.2, -0.15) is 0 Å². The van der Waals surface area contributed by atoms with Crippen molar-refractivity contribution in [1.82, 2.24) is 9.97 Å². The summed E-state index contributed by atoms with van der Waals surface area (Å²) in [7, 11) is 0. The minimum atomic E-state index is 0.450. The Labute approximate surface area is 138 Å². The molecule has 112 valence electrons. The van der Waals surface area contributed by atoms with Crippen molar-refractivity contribution < 1.29 is 4.74 Å². The highest BCUT2D eigenvalue weighted by Crippen LogP contribution is 2.16. The van der Waals surface area contributed by atoms with Crippen molar-refractivity contribution in [2.75, 3.05) is 0 Å². The molecule has 0 fully saturated rings. The van der Waals surface area contributed by atoms with E-state index in [2.05, 4.69) is 50.2 Å². The average Bonchev–Trinajstić information content (AvgIpc) is 2.89. The van der Waals surface area contributed by atoms with Gasteiger partial charge in [0.1, 0.15) is 18.2 Å². The van der Waals surface area contributed by atoms with Crippen LogP contribution in [0.1, 0.15) is 22.8 Å². The van der Waals surface area contributed by atoms with Crippen LogP contribution in [0.25, 0.3) is 0 Å². The molecule has 22 heavy (non-hydrogen) atoms. The Balaban J connectivity index is 1.67. The number of rotatable bonds is 5. The number of hydrogen-bond donors (Lipinski definition) is 1. The smallest absolute Gasteiger partial charge is 0.146 e. The van der Waals surface area contributed by atoms with Crippen molar-refractivity contribution in [3.63, 3.8) is 0 Å². The van der Waals surface area contributed by atoms with Crippen molar-refractivity contribution in [2.45, 2.75) is 20.0 Å². The number of H-pyrrole nitrogens is 1. The molecular formula is C18H17BrN2O. The fraction of sp³-hybridized carbons (Fsp3) is 0.167. The zero-order valence-electron chi connectivity index (χ0n) is 12.3. The second-order valence-corrected chi connectivity index (χ2v) is 6.08. The second kappa shape index (κ2) is 6.79. The Hall–Kier alpha value is -2.07. The number of halogens is 1. The van der Waals surface area contributed by atoms with Gasteiger partial charge in [-0.05, 0) is 36.8 Å². The Kier molecular flexibility index (Phi) is 4.59. The van der Waals surface area contributed by atoms with E-state index in [1.165, 1.54) is 5.56 Å². The van der Waals surface area contributed by atoms with Crippen LogP contribution in [0.5, 0.6) is 5.75 Å². The molecule has 0 saturated carbocycles. The summed E-state index contributed by atoms with van der Waals surface area (Å²) < 4.78 is 6.82. The molecule has 0 aliphatic carbocycles. The van der Waals surface area contributed by atoms with Gasteiger partial charge in [-0.25, -0.2) is 4.98 Å². The van der Waals surface area contributed by atoms with Crippen LogP contribution in [0.15, 0.2) is 59.1 Å². The van der Waals surface area contributed by atoms with E-state index >= 15 is 0 Å². The second-order valence-electron chi connectivity index (χ2n) is 5.16. The van der Waals surface area contributed by atoms with Crippen LogP contribution in [-0.4, -0.2) is 9.97 Å². The number of benzene rings is 2. The van der Waals surface area contributed by atoms with E-state index in [1.807, 2.05) is 37.3 Å². The van der Waals surface area contributed by atoms with E-state index in [-0.39, 0.29) is 0 Å². The first-order chi connectivity index (χ1) is 10.7. The molecule has 1 heterocycles. The topological polar surface area (TPSA) is 37.9 Å². The summed E-state index contributed by atoms with van der Waals surface area (Å²) in [5.74, 6) is 1.71. The van der Waals surface area contributed by atoms with Crippen molar-refractivity contribution in [1.29, 1.82) is 0 Å². The third-order valence-electron chi connectivity index (χ3n) is 3.44. The van der Waals surface area contributed by atoms with E-state index in [1.54, 1.807) is 0 Å². The molecule has 0 aliphatic heterocycles. The van der Waals surface area contributed by atoms with E-state index in [0.29, 0.717) is 6.61 Å². The molecule has 2 aromatic carbocycles. The van der Waals surface area contributed by atoms with Crippen LogP contribution in [0.3, 0.4) is 0 Å². The number of aromatic nitrogens is 2. The normalized spacial score (nSPS) is 10.6. The average molecular weight is 357 g/mol. The molecule has 4 heteroatoms. The highest BCUT2D eigenvalue weighted by molar-refractivity contribution is 9.10. The molecule has 1 aromatic heterocycles. The molecule has 3 aromatic rings. The molecule has 1 N–H and O–H groups in total. The Morgan fingerprint density at radius 1 is 1.05 bits per heavy atom. The number of hydrogen-bond acceptors (Lipinski definition) is 2. The van der Waals surface area contributed by atoms with Crippen LogP contribution in [0, 0.1) is 6.92 Å². The van der Waals surface area contributed by atoms with Gasteiger partial charge >= 0.3 is 0 Å². The molecular weight excluding hydrogens is 340 g/mol. The minimum Gasteiger partial charge on any atom is -0.486 e.